The van der Waals surface area contributed by atoms with E-state index in [1.165, 1.54) is 16.3 Å². The van der Waals surface area contributed by atoms with Crippen LogP contribution in [0.5, 0.6) is 0 Å². The van der Waals surface area contributed by atoms with Gasteiger partial charge in [-0.3, -0.25) is 0 Å². The fourth-order valence-electron chi connectivity index (χ4n) is 3.34. The van der Waals surface area contributed by atoms with Crippen LogP contribution in [-0.4, -0.2) is 19.6 Å². The van der Waals surface area contributed by atoms with Crippen molar-refractivity contribution in [1.82, 2.24) is 19.6 Å². The molecule has 26 heavy (non-hydrogen) atoms. The molecule has 0 spiro atoms. The quantitative estimate of drug-likeness (QED) is 0.486. The van der Waals surface area contributed by atoms with E-state index in [0.717, 1.165) is 17.1 Å². The molecule has 4 heteroatoms. The minimum Gasteiger partial charge on any atom is -0.220 e. The van der Waals surface area contributed by atoms with E-state index in [2.05, 4.69) is 64.6 Å². The van der Waals surface area contributed by atoms with Gasteiger partial charge >= 0.3 is 0 Å². The van der Waals surface area contributed by atoms with Gasteiger partial charge in [-0.2, -0.15) is 9.50 Å². The van der Waals surface area contributed by atoms with Crippen molar-refractivity contribution in [1.29, 1.82) is 0 Å². The summed E-state index contributed by atoms with van der Waals surface area (Å²) in [6, 6.07) is 27.0. The van der Waals surface area contributed by atoms with Crippen LogP contribution in [0.4, 0.5) is 0 Å². The predicted molar refractivity (Wildman–Crippen MR) is 103 cm³/mol. The van der Waals surface area contributed by atoms with E-state index in [9.17, 15) is 0 Å². The van der Waals surface area contributed by atoms with E-state index >= 15 is 0 Å². The Morgan fingerprint density at radius 1 is 0.769 bits per heavy atom. The van der Waals surface area contributed by atoms with Crippen molar-refractivity contribution in [2.75, 3.05) is 0 Å². The zero-order chi connectivity index (χ0) is 17.3. The second-order valence-corrected chi connectivity index (χ2v) is 6.26. The number of aromatic nitrogens is 4. The molecule has 0 aliphatic heterocycles. The van der Waals surface area contributed by atoms with Gasteiger partial charge in [0, 0.05) is 18.2 Å². The van der Waals surface area contributed by atoms with Crippen LogP contribution < -0.4 is 0 Å². The average molecular weight is 336 g/mol. The number of hydrogen-bond acceptors (Lipinski definition) is 3. The fourth-order valence-corrected chi connectivity index (χ4v) is 3.34. The van der Waals surface area contributed by atoms with Crippen LogP contribution in [0.3, 0.4) is 0 Å². The van der Waals surface area contributed by atoms with E-state index in [0.29, 0.717) is 12.2 Å². The van der Waals surface area contributed by atoms with Gasteiger partial charge in [-0.15, -0.1) is 5.10 Å². The van der Waals surface area contributed by atoms with Crippen molar-refractivity contribution in [2.45, 2.75) is 6.42 Å². The molecule has 0 unspecified atom stereocenters. The summed E-state index contributed by atoms with van der Waals surface area (Å²) in [6.07, 6.45) is 2.49. The third kappa shape index (κ3) is 2.52. The Kier molecular flexibility index (Phi) is 3.46. The SMILES string of the molecule is c1ccc(Cc2nc3nccc(-c4cccc5ccccc45)n3n2)cc1. The monoisotopic (exact) mass is 336 g/mol. The minimum absolute atomic E-state index is 0.626. The summed E-state index contributed by atoms with van der Waals surface area (Å²) in [5, 5.41) is 7.14. The van der Waals surface area contributed by atoms with E-state index in [1.54, 1.807) is 6.20 Å². The minimum atomic E-state index is 0.626. The van der Waals surface area contributed by atoms with E-state index < -0.39 is 0 Å². The van der Waals surface area contributed by atoms with Gasteiger partial charge in [0.25, 0.3) is 5.78 Å². The zero-order valence-corrected chi connectivity index (χ0v) is 14.1. The van der Waals surface area contributed by atoms with E-state index in [1.807, 2.05) is 28.8 Å². The molecule has 0 aliphatic rings. The molecule has 4 nitrogen and oxygen atoms in total. The van der Waals surface area contributed by atoms with Crippen molar-refractivity contribution in [3.8, 4) is 11.3 Å². The number of rotatable bonds is 3. The van der Waals surface area contributed by atoms with Crippen molar-refractivity contribution >= 4 is 16.6 Å². The van der Waals surface area contributed by atoms with Crippen molar-refractivity contribution in [2.24, 2.45) is 0 Å². The van der Waals surface area contributed by atoms with Gasteiger partial charge in [0.05, 0.1) is 5.69 Å². The molecule has 0 fully saturated rings. The zero-order valence-electron chi connectivity index (χ0n) is 14.1. The average Bonchev–Trinajstić information content (AvgIpc) is 3.11. The number of fused-ring (bicyclic) bond motifs is 2. The van der Waals surface area contributed by atoms with Crippen LogP contribution in [0, 0.1) is 0 Å². The molecule has 0 N–H and O–H groups in total. The Labute approximate surface area is 150 Å². The molecule has 0 radical (unpaired) electrons. The second-order valence-electron chi connectivity index (χ2n) is 6.26. The maximum absolute atomic E-state index is 4.73. The van der Waals surface area contributed by atoms with Gasteiger partial charge in [-0.25, -0.2) is 4.98 Å². The summed E-state index contributed by atoms with van der Waals surface area (Å²) in [5.41, 5.74) is 3.32. The molecule has 3 aromatic carbocycles. The molecule has 2 heterocycles. The largest absolute Gasteiger partial charge is 0.252 e. The lowest BCUT2D eigenvalue weighted by molar-refractivity contribution is 0.898. The number of hydrogen-bond donors (Lipinski definition) is 0. The Bertz CT molecular complexity index is 1200. The third-order valence-electron chi connectivity index (χ3n) is 4.56. The lowest BCUT2D eigenvalue weighted by Gasteiger charge is -2.07. The molecule has 5 aromatic rings. The van der Waals surface area contributed by atoms with Crippen molar-refractivity contribution < 1.29 is 0 Å². The van der Waals surface area contributed by atoms with Gasteiger partial charge in [0.15, 0.2) is 5.82 Å². The first-order chi connectivity index (χ1) is 12.9. The van der Waals surface area contributed by atoms with Crippen LogP contribution in [0.15, 0.2) is 85.1 Å². The first-order valence-corrected chi connectivity index (χ1v) is 8.61. The Morgan fingerprint density at radius 2 is 1.58 bits per heavy atom. The molecule has 0 amide bonds. The molecule has 0 saturated heterocycles. The Balaban J connectivity index is 1.66. The van der Waals surface area contributed by atoms with Gasteiger partial charge in [0.1, 0.15) is 0 Å². The summed E-state index contributed by atoms with van der Waals surface area (Å²) in [4.78, 5) is 9.01. The topological polar surface area (TPSA) is 43.1 Å². The molecule has 2 aromatic heterocycles. The molecular formula is C22H16N4. The standard InChI is InChI=1S/C22H16N4/c1-2-7-16(8-3-1)15-21-24-22-23-14-13-20(26(22)25-21)19-12-6-10-17-9-4-5-11-18(17)19/h1-14H,15H2. The molecule has 0 saturated carbocycles. The maximum Gasteiger partial charge on any atom is 0.252 e. The van der Waals surface area contributed by atoms with Gasteiger partial charge < -0.3 is 0 Å². The highest BCUT2D eigenvalue weighted by molar-refractivity contribution is 5.95. The van der Waals surface area contributed by atoms with Gasteiger partial charge in [-0.1, -0.05) is 72.8 Å². The smallest absolute Gasteiger partial charge is 0.220 e. The van der Waals surface area contributed by atoms with Gasteiger partial charge in [-0.05, 0) is 22.4 Å². The van der Waals surface area contributed by atoms with Crippen LogP contribution in [0.1, 0.15) is 11.4 Å². The van der Waals surface area contributed by atoms with Crippen LogP contribution in [0.2, 0.25) is 0 Å². The summed E-state index contributed by atoms with van der Waals surface area (Å²) in [6.45, 7) is 0. The molecular weight excluding hydrogens is 320 g/mol. The Morgan fingerprint density at radius 3 is 2.50 bits per heavy atom. The number of nitrogens with zero attached hydrogens (tertiary/aromatic N) is 4. The Hall–Kier alpha value is -3.53. The summed E-state index contributed by atoms with van der Waals surface area (Å²) < 4.78 is 1.85. The molecule has 0 aliphatic carbocycles. The summed E-state index contributed by atoms with van der Waals surface area (Å²) in [5.74, 6) is 1.40. The van der Waals surface area contributed by atoms with Crippen molar-refractivity contribution in [3.05, 3.63) is 96.4 Å². The first-order valence-electron chi connectivity index (χ1n) is 8.61. The van der Waals surface area contributed by atoms with Crippen LogP contribution in [0.25, 0.3) is 27.8 Å². The van der Waals surface area contributed by atoms with Crippen LogP contribution >= 0.6 is 0 Å². The van der Waals surface area contributed by atoms with Crippen LogP contribution in [-0.2, 0) is 6.42 Å². The molecule has 124 valence electrons. The third-order valence-corrected chi connectivity index (χ3v) is 4.56. The second kappa shape index (κ2) is 6.08. The summed E-state index contributed by atoms with van der Waals surface area (Å²) >= 11 is 0. The highest BCUT2D eigenvalue weighted by Crippen LogP contribution is 2.28. The first kappa shape index (κ1) is 14.8. The number of benzene rings is 3. The lowest BCUT2D eigenvalue weighted by atomic mass is 10.0. The molecule has 5 rings (SSSR count). The highest BCUT2D eigenvalue weighted by Gasteiger charge is 2.12. The normalized spacial score (nSPS) is 11.2. The van der Waals surface area contributed by atoms with Gasteiger partial charge in [0.2, 0.25) is 0 Å². The predicted octanol–water partition coefficient (Wildman–Crippen LogP) is 4.54. The lowest BCUT2D eigenvalue weighted by Crippen LogP contribution is -1.97. The molecule has 0 atom stereocenters. The summed E-state index contributed by atoms with van der Waals surface area (Å²) in [7, 11) is 0. The van der Waals surface area contributed by atoms with E-state index in [-0.39, 0.29) is 0 Å². The van der Waals surface area contributed by atoms with E-state index in [4.69, 9.17) is 5.10 Å². The van der Waals surface area contributed by atoms with Crippen molar-refractivity contribution in [3.63, 3.8) is 0 Å². The molecule has 0 bridgehead atoms. The maximum atomic E-state index is 4.73. The highest BCUT2D eigenvalue weighted by atomic mass is 15.3. The fraction of sp³-hybridized carbons (Fsp3) is 0.0455.